The molecule has 4 atom stereocenters. The number of carbonyl (C=O) groups is 3. The van der Waals surface area contributed by atoms with E-state index in [-0.39, 0.29) is 11.8 Å². The summed E-state index contributed by atoms with van der Waals surface area (Å²) in [6, 6.07) is 7.43. The molecule has 0 unspecified atom stereocenters. The van der Waals surface area contributed by atoms with Gasteiger partial charge in [0.05, 0.1) is 18.9 Å². The van der Waals surface area contributed by atoms with Crippen LogP contribution in [-0.2, 0) is 19.1 Å². The van der Waals surface area contributed by atoms with Crippen LogP contribution in [0.3, 0.4) is 0 Å². The second-order valence-electron chi connectivity index (χ2n) is 6.77. The minimum atomic E-state index is -1.17. The van der Waals surface area contributed by atoms with E-state index in [9.17, 15) is 14.4 Å². The predicted octanol–water partition coefficient (Wildman–Crippen LogP) is 1.58. The third-order valence-electron chi connectivity index (χ3n) is 5.61. The number of rotatable bonds is 4. The molecule has 2 heterocycles. The Kier molecular flexibility index (Phi) is 4.41. The molecule has 1 aromatic rings. The molecule has 2 saturated heterocycles. The lowest BCUT2D eigenvalue weighted by Crippen LogP contribution is -2.55. The van der Waals surface area contributed by atoms with Gasteiger partial charge in [-0.1, -0.05) is 36.8 Å². The predicted molar refractivity (Wildman–Crippen MR) is 91.5 cm³/mol. The highest BCUT2D eigenvalue weighted by atomic mass is 16.5. The number of hydrogen-bond donors (Lipinski definition) is 1. The summed E-state index contributed by atoms with van der Waals surface area (Å²) in [5.74, 6) is -2.31. The average molecular weight is 344 g/mol. The van der Waals surface area contributed by atoms with Gasteiger partial charge in [-0.2, -0.15) is 0 Å². The van der Waals surface area contributed by atoms with Crippen LogP contribution in [0.1, 0.15) is 37.4 Å². The van der Waals surface area contributed by atoms with E-state index >= 15 is 0 Å². The van der Waals surface area contributed by atoms with Crippen molar-refractivity contribution in [2.75, 3.05) is 13.7 Å². The van der Waals surface area contributed by atoms with Crippen molar-refractivity contribution in [1.29, 1.82) is 0 Å². The first-order valence-corrected chi connectivity index (χ1v) is 8.69. The molecule has 0 saturated carbocycles. The standard InChI is InChI=1S/C19H24N2O4/c1-5-19(18(24)25-4)14-13(16(22)21(6-2)17(14)23)15(20-19)12-9-7-11(3)8-10-12/h7-10,13-15,20H,5-6H2,1-4H3/t13-,14-,15-,19-/m0/s1. The van der Waals surface area contributed by atoms with Crippen molar-refractivity contribution in [2.45, 2.75) is 38.8 Å². The minimum absolute atomic E-state index is 0.213. The van der Waals surface area contributed by atoms with E-state index in [2.05, 4.69) is 5.32 Å². The molecule has 25 heavy (non-hydrogen) atoms. The fourth-order valence-corrected chi connectivity index (χ4v) is 4.27. The van der Waals surface area contributed by atoms with Crippen LogP contribution in [0.15, 0.2) is 24.3 Å². The molecule has 0 aliphatic carbocycles. The molecule has 3 rings (SSSR count). The molecule has 6 heteroatoms. The third-order valence-corrected chi connectivity index (χ3v) is 5.61. The Hall–Kier alpha value is -2.21. The summed E-state index contributed by atoms with van der Waals surface area (Å²) in [7, 11) is 1.31. The number of ether oxygens (including phenoxy) is 1. The van der Waals surface area contributed by atoms with Crippen LogP contribution in [0.2, 0.25) is 0 Å². The summed E-state index contributed by atoms with van der Waals surface area (Å²) in [5, 5.41) is 3.31. The lowest BCUT2D eigenvalue weighted by Gasteiger charge is -2.31. The third kappa shape index (κ3) is 2.39. The van der Waals surface area contributed by atoms with E-state index in [4.69, 9.17) is 4.74 Å². The molecule has 1 N–H and O–H groups in total. The average Bonchev–Trinajstić information content (AvgIpc) is 3.10. The number of likely N-dealkylation sites (tertiary alicyclic amines) is 1. The maximum absolute atomic E-state index is 12.9. The summed E-state index contributed by atoms with van der Waals surface area (Å²) in [5.41, 5.74) is 0.835. The first-order chi connectivity index (χ1) is 11.9. The normalized spacial score (nSPS) is 31.4. The number of nitrogens with one attached hydrogen (secondary N) is 1. The Bertz CT molecular complexity index is 715. The highest BCUT2D eigenvalue weighted by Crippen LogP contribution is 2.50. The summed E-state index contributed by atoms with van der Waals surface area (Å²) in [6.45, 7) is 5.91. The van der Waals surface area contributed by atoms with Crippen LogP contribution in [0.25, 0.3) is 0 Å². The lowest BCUT2D eigenvalue weighted by molar-refractivity contribution is -0.154. The number of hydrogen-bond acceptors (Lipinski definition) is 5. The van der Waals surface area contributed by atoms with Gasteiger partial charge in [0.25, 0.3) is 0 Å². The zero-order valence-corrected chi connectivity index (χ0v) is 15.0. The number of benzene rings is 1. The summed E-state index contributed by atoms with van der Waals surface area (Å²) < 4.78 is 5.01. The van der Waals surface area contributed by atoms with Crippen LogP contribution >= 0.6 is 0 Å². The lowest BCUT2D eigenvalue weighted by atomic mass is 9.78. The topological polar surface area (TPSA) is 75.7 Å². The molecule has 0 spiro atoms. The zero-order chi connectivity index (χ0) is 18.4. The van der Waals surface area contributed by atoms with Gasteiger partial charge in [-0.15, -0.1) is 0 Å². The maximum Gasteiger partial charge on any atom is 0.326 e. The molecule has 0 bridgehead atoms. The van der Waals surface area contributed by atoms with Gasteiger partial charge in [0.1, 0.15) is 5.54 Å². The first kappa shape index (κ1) is 17.6. The van der Waals surface area contributed by atoms with Crippen molar-refractivity contribution in [3.63, 3.8) is 0 Å². The van der Waals surface area contributed by atoms with Gasteiger partial charge in [-0.25, -0.2) is 0 Å². The van der Waals surface area contributed by atoms with Gasteiger partial charge in [-0.05, 0) is 25.8 Å². The van der Waals surface area contributed by atoms with Crippen molar-refractivity contribution >= 4 is 17.8 Å². The number of esters is 1. The summed E-state index contributed by atoms with van der Waals surface area (Å²) in [4.78, 5) is 39.7. The Morgan fingerprint density at radius 1 is 1.20 bits per heavy atom. The second kappa shape index (κ2) is 6.26. The van der Waals surface area contributed by atoms with Crippen LogP contribution in [-0.4, -0.2) is 41.9 Å². The summed E-state index contributed by atoms with van der Waals surface area (Å²) in [6.07, 6.45) is 0.375. The van der Waals surface area contributed by atoms with Gasteiger partial charge < -0.3 is 4.74 Å². The molecule has 2 fully saturated rings. The number of fused-ring (bicyclic) bond motifs is 1. The largest absolute Gasteiger partial charge is 0.468 e. The fraction of sp³-hybridized carbons (Fsp3) is 0.526. The minimum Gasteiger partial charge on any atom is -0.468 e. The number of nitrogens with zero attached hydrogens (tertiary/aromatic N) is 1. The van der Waals surface area contributed by atoms with Crippen molar-refractivity contribution in [1.82, 2.24) is 10.2 Å². The molecule has 0 radical (unpaired) electrons. The molecule has 1 aromatic carbocycles. The van der Waals surface area contributed by atoms with Crippen molar-refractivity contribution in [3.8, 4) is 0 Å². The Labute approximate surface area is 147 Å². The van der Waals surface area contributed by atoms with Gasteiger partial charge >= 0.3 is 5.97 Å². The summed E-state index contributed by atoms with van der Waals surface area (Å²) >= 11 is 0. The van der Waals surface area contributed by atoms with Crippen LogP contribution < -0.4 is 5.32 Å². The SMILES string of the molecule is CCN1C(=O)[C@H]2[C@@H](C1=O)[C@@](CC)(C(=O)OC)N[C@H]2c1ccc(C)cc1. The van der Waals surface area contributed by atoms with E-state index < -0.39 is 29.4 Å². The van der Waals surface area contributed by atoms with Crippen molar-refractivity contribution < 1.29 is 19.1 Å². The number of imide groups is 1. The smallest absolute Gasteiger partial charge is 0.326 e. The number of methoxy groups -OCH3 is 1. The quantitative estimate of drug-likeness (QED) is 0.663. The fourth-order valence-electron chi connectivity index (χ4n) is 4.27. The van der Waals surface area contributed by atoms with Crippen LogP contribution in [0.4, 0.5) is 0 Å². The highest BCUT2D eigenvalue weighted by molar-refractivity contribution is 6.09. The Balaban J connectivity index is 2.13. The van der Waals surface area contributed by atoms with Gasteiger partial charge in [0, 0.05) is 12.6 Å². The molecule has 6 nitrogen and oxygen atoms in total. The molecular formula is C19H24N2O4. The molecule has 2 aliphatic heterocycles. The van der Waals surface area contributed by atoms with Crippen molar-refractivity contribution in [3.05, 3.63) is 35.4 Å². The van der Waals surface area contributed by atoms with E-state index in [1.54, 1.807) is 6.92 Å². The van der Waals surface area contributed by atoms with Crippen LogP contribution in [0.5, 0.6) is 0 Å². The van der Waals surface area contributed by atoms with Gasteiger partial charge in [0.15, 0.2) is 0 Å². The van der Waals surface area contributed by atoms with E-state index in [0.29, 0.717) is 13.0 Å². The van der Waals surface area contributed by atoms with Gasteiger partial charge in [0.2, 0.25) is 11.8 Å². The first-order valence-electron chi connectivity index (χ1n) is 8.69. The monoisotopic (exact) mass is 344 g/mol. The number of amides is 2. The molecule has 134 valence electrons. The second-order valence-corrected chi connectivity index (χ2v) is 6.77. The maximum atomic E-state index is 12.9. The molecule has 2 aliphatic rings. The van der Waals surface area contributed by atoms with E-state index in [1.807, 2.05) is 38.1 Å². The Morgan fingerprint density at radius 2 is 1.84 bits per heavy atom. The van der Waals surface area contributed by atoms with Crippen molar-refractivity contribution in [2.24, 2.45) is 11.8 Å². The van der Waals surface area contributed by atoms with E-state index in [0.717, 1.165) is 11.1 Å². The highest BCUT2D eigenvalue weighted by Gasteiger charge is 2.67. The molecule has 0 aromatic heterocycles. The zero-order valence-electron chi connectivity index (χ0n) is 15.0. The molecular weight excluding hydrogens is 320 g/mol. The van der Waals surface area contributed by atoms with E-state index in [1.165, 1.54) is 12.0 Å². The number of carbonyl (C=O) groups excluding carboxylic acids is 3. The Morgan fingerprint density at radius 3 is 2.36 bits per heavy atom. The molecule has 2 amide bonds. The van der Waals surface area contributed by atoms with Gasteiger partial charge in [-0.3, -0.25) is 24.6 Å². The number of aryl methyl sites for hydroxylation is 1. The van der Waals surface area contributed by atoms with Crippen LogP contribution in [0, 0.1) is 18.8 Å².